The molecular weight excluding hydrogens is 408 g/mol. The topological polar surface area (TPSA) is 150 Å². The molecule has 2 aromatic carbocycles. The van der Waals surface area contributed by atoms with E-state index < -0.39 is 28.4 Å². The first-order valence-electron chi connectivity index (χ1n) is 9.36. The Morgan fingerprint density at radius 3 is 2.45 bits per heavy atom. The van der Waals surface area contributed by atoms with Gasteiger partial charge in [0.1, 0.15) is 11.5 Å². The molecule has 0 bridgehead atoms. The highest BCUT2D eigenvalue weighted by Crippen LogP contribution is 2.40. The number of non-ortho nitro benzene ring substituents is 1. The predicted octanol–water partition coefficient (Wildman–Crippen LogP) is 1.73. The van der Waals surface area contributed by atoms with E-state index in [1.807, 2.05) is 0 Å². The van der Waals surface area contributed by atoms with E-state index in [9.17, 15) is 29.9 Å². The molecule has 162 valence electrons. The summed E-state index contributed by atoms with van der Waals surface area (Å²) in [6.45, 7) is -0.0964. The van der Waals surface area contributed by atoms with Crippen LogP contribution < -0.4 is 0 Å². The van der Waals surface area contributed by atoms with E-state index in [1.165, 1.54) is 41.3 Å². The fourth-order valence-corrected chi connectivity index (χ4v) is 3.38. The summed E-state index contributed by atoms with van der Waals surface area (Å²) in [5.41, 5.74) is 0.129. The third kappa shape index (κ3) is 4.55. The number of nitro groups is 1. The third-order valence-electron chi connectivity index (χ3n) is 4.79. The van der Waals surface area contributed by atoms with Gasteiger partial charge in [-0.2, -0.15) is 0 Å². The minimum Gasteiger partial charge on any atom is -0.508 e. The number of nitrogens with zero attached hydrogens (tertiary/aromatic N) is 2. The number of aliphatic hydroxyl groups is 2. The van der Waals surface area contributed by atoms with Gasteiger partial charge in [-0.3, -0.25) is 19.7 Å². The summed E-state index contributed by atoms with van der Waals surface area (Å²) in [6, 6.07) is 9.86. The molecule has 10 heteroatoms. The van der Waals surface area contributed by atoms with Crippen molar-refractivity contribution < 1.29 is 34.6 Å². The Balaban J connectivity index is 2.06. The van der Waals surface area contributed by atoms with E-state index >= 15 is 0 Å². The smallest absolute Gasteiger partial charge is 0.295 e. The van der Waals surface area contributed by atoms with Crippen molar-refractivity contribution in [1.82, 2.24) is 4.90 Å². The van der Waals surface area contributed by atoms with Crippen LogP contribution >= 0.6 is 0 Å². The molecule has 0 spiro atoms. The Hall–Kier alpha value is -3.76. The van der Waals surface area contributed by atoms with E-state index in [2.05, 4.69) is 0 Å². The maximum absolute atomic E-state index is 12.8. The lowest BCUT2D eigenvalue weighted by Crippen LogP contribution is -2.33. The van der Waals surface area contributed by atoms with Crippen LogP contribution in [-0.4, -0.2) is 63.2 Å². The fraction of sp³-hybridized carbons (Fsp3) is 0.238. The summed E-state index contributed by atoms with van der Waals surface area (Å²) in [4.78, 5) is 37.0. The average molecular weight is 428 g/mol. The quantitative estimate of drug-likeness (QED) is 0.144. The van der Waals surface area contributed by atoms with Crippen LogP contribution in [0, 0.1) is 10.1 Å². The maximum Gasteiger partial charge on any atom is 0.295 e. The predicted molar refractivity (Wildman–Crippen MR) is 108 cm³/mol. The number of aromatic hydroxyl groups is 1. The number of rotatable bonds is 8. The Labute approximate surface area is 176 Å². The highest BCUT2D eigenvalue weighted by Gasteiger charge is 2.46. The fourth-order valence-electron chi connectivity index (χ4n) is 3.38. The molecule has 1 saturated heterocycles. The zero-order valence-corrected chi connectivity index (χ0v) is 16.3. The number of nitro benzene ring substituents is 1. The van der Waals surface area contributed by atoms with Crippen LogP contribution in [0.3, 0.4) is 0 Å². The maximum atomic E-state index is 12.8. The minimum atomic E-state index is -1.000. The van der Waals surface area contributed by atoms with Crippen LogP contribution in [0.25, 0.3) is 5.76 Å². The number of aliphatic hydroxyl groups excluding tert-OH is 2. The Bertz CT molecular complexity index is 1030. The molecule has 1 aliphatic rings. The first-order chi connectivity index (χ1) is 14.8. The van der Waals surface area contributed by atoms with Gasteiger partial charge in [0, 0.05) is 24.2 Å². The third-order valence-corrected chi connectivity index (χ3v) is 4.79. The summed E-state index contributed by atoms with van der Waals surface area (Å²) in [6.07, 6.45) is 0. The number of hydrogen-bond acceptors (Lipinski definition) is 8. The standard InChI is InChI=1S/C21H20N2O8/c24-9-11-31-10-8-22-18(14-2-1-3-16(25)12-14)17(20(27)21(22)28)19(26)13-4-6-15(7-5-13)23(29)30/h1-7,12,18,24-26H,8-11H2/b19-17+/t18-/m0/s1. The van der Waals surface area contributed by atoms with Crippen molar-refractivity contribution in [2.75, 3.05) is 26.4 Å². The van der Waals surface area contributed by atoms with Gasteiger partial charge in [-0.15, -0.1) is 0 Å². The number of phenols is 1. The van der Waals surface area contributed by atoms with Gasteiger partial charge < -0.3 is 25.0 Å². The van der Waals surface area contributed by atoms with Crippen LogP contribution in [-0.2, 0) is 14.3 Å². The molecule has 2 aromatic rings. The summed E-state index contributed by atoms with van der Waals surface area (Å²) in [5.74, 6) is -2.36. The van der Waals surface area contributed by atoms with Crippen molar-refractivity contribution in [2.24, 2.45) is 0 Å². The number of hydrogen-bond donors (Lipinski definition) is 3. The minimum absolute atomic E-state index is 0.00192. The zero-order chi connectivity index (χ0) is 22.5. The Kier molecular flexibility index (Phi) is 6.63. The number of likely N-dealkylation sites (tertiary alicyclic amines) is 1. The normalized spacial score (nSPS) is 17.8. The number of Topliss-reactive ketones (excluding diaryl/α,β-unsaturated/α-hetero) is 1. The second-order valence-electron chi connectivity index (χ2n) is 6.73. The molecule has 1 amide bonds. The van der Waals surface area contributed by atoms with Gasteiger partial charge in [0.25, 0.3) is 17.4 Å². The van der Waals surface area contributed by atoms with Gasteiger partial charge in [0.15, 0.2) is 0 Å². The van der Waals surface area contributed by atoms with Crippen molar-refractivity contribution in [3.05, 3.63) is 75.3 Å². The van der Waals surface area contributed by atoms with Crippen molar-refractivity contribution in [1.29, 1.82) is 0 Å². The molecule has 0 aliphatic carbocycles. The highest BCUT2D eigenvalue weighted by atomic mass is 16.6. The molecule has 0 saturated carbocycles. The van der Waals surface area contributed by atoms with Crippen LogP contribution in [0.15, 0.2) is 54.1 Å². The molecule has 3 N–H and O–H groups in total. The van der Waals surface area contributed by atoms with Crippen molar-refractivity contribution >= 4 is 23.1 Å². The van der Waals surface area contributed by atoms with Crippen LogP contribution in [0.4, 0.5) is 5.69 Å². The summed E-state index contributed by atoms with van der Waals surface area (Å²) in [7, 11) is 0. The van der Waals surface area contributed by atoms with Crippen LogP contribution in [0.5, 0.6) is 5.75 Å². The average Bonchev–Trinajstić information content (AvgIpc) is 3.01. The first-order valence-corrected chi connectivity index (χ1v) is 9.36. The van der Waals surface area contributed by atoms with Gasteiger partial charge in [-0.25, -0.2) is 0 Å². The Morgan fingerprint density at radius 1 is 1.13 bits per heavy atom. The molecule has 1 aliphatic heterocycles. The molecule has 1 fully saturated rings. The van der Waals surface area contributed by atoms with E-state index in [1.54, 1.807) is 12.1 Å². The highest BCUT2D eigenvalue weighted by molar-refractivity contribution is 6.46. The molecule has 1 atom stereocenters. The van der Waals surface area contributed by atoms with E-state index in [0.29, 0.717) is 5.56 Å². The SMILES string of the molecule is O=C1C(=O)N(CCOCCO)[C@@H](c2cccc(O)c2)/C1=C(\O)c1ccc([N+](=O)[O-])cc1. The van der Waals surface area contributed by atoms with Crippen molar-refractivity contribution in [2.45, 2.75) is 6.04 Å². The number of amides is 1. The molecule has 10 nitrogen and oxygen atoms in total. The summed E-state index contributed by atoms with van der Waals surface area (Å²) < 4.78 is 5.21. The second kappa shape index (κ2) is 9.37. The lowest BCUT2D eigenvalue weighted by atomic mass is 9.95. The van der Waals surface area contributed by atoms with Crippen LogP contribution in [0.1, 0.15) is 17.2 Å². The summed E-state index contributed by atoms with van der Waals surface area (Å²) >= 11 is 0. The lowest BCUT2D eigenvalue weighted by molar-refractivity contribution is -0.384. The second-order valence-corrected chi connectivity index (χ2v) is 6.73. The van der Waals surface area contributed by atoms with Gasteiger partial charge >= 0.3 is 0 Å². The lowest BCUT2D eigenvalue weighted by Gasteiger charge is -2.25. The Morgan fingerprint density at radius 2 is 1.84 bits per heavy atom. The molecule has 0 radical (unpaired) electrons. The molecule has 0 aromatic heterocycles. The molecule has 31 heavy (non-hydrogen) atoms. The number of phenolic OH excluding ortho intramolecular Hbond substituents is 1. The molecule has 1 heterocycles. The largest absolute Gasteiger partial charge is 0.508 e. The van der Waals surface area contributed by atoms with Gasteiger partial charge in [0.05, 0.1) is 36.4 Å². The number of ether oxygens (including phenoxy) is 1. The number of carbonyl (C=O) groups excluding carboxylic acids is 2. The summed E-state index contributed by atoms with van der Waals surface area (Å²) in [5, 5.41) is 40.4. The van der Waals surface area contributed by atoms with E-state index in [-0.39, 0.29) is 48.9 Å². The van der Waals surface area contributed by atoms with Crippen molar-refractivity contribution in [3.8, 4) is 5.75 Å². The number of ketones is 1. The van der Waals surface area contributed by atoms with Crippen LogP contribution in [0.2, 0.25) is 0 Å². The molecule has 3 rings (SSSR count). The number of benzene rings is 2. The zero-order valence-electron chi connectivity index (χ0n) is 16.3. The van der Waals surface area contributed by atoms with Gasteiger partial charge in [-0.05, 0) is 29.8 Å². The van der Waals surface area contributed by atoms with Gasteiger partial charge in [-0.1, -0.05) is 12.1 Å². The van der Waals surface area contributed by atoms with E-state index in [0.717, 1.165) is 0 Å². The molecule has 0 unspecified atom stereocenters. The van der Waals surface area contributed by atoms with Gasteiger partial charge in [0.2, 0.25) is 0 Å². The van der Waals surface area contributed by atoms with E-state index in [4.69, 9.17) is 9.84 Å². The molecular formula is C21H20N2O8. The monoisotopic (exact) mass is 428 g/mol. The number of carbonyl (C=O) groups is 2. The first kappa shape index (κ1) is 21.9. The van der Waals surface area contributed by atoms with Crippen molar-refractivity contribution in [3.63, 3.8) is 0 Å².